The van der Waals surface area contributed by atoms with Gasteiger partial charge in [0.1, 0.15) is 0 Å². The standard InChI is InChI=1S/C12H12N2OS2/c1-9(15)17-7-3-5-10-4-2-6-11(8-10)14-12(13)16/h2,4,6,8H,7H2,1H3,(H3,13,14,16). The number of nitrogens with one attached hydrogen (secondary N) is 1. The van der Waals surface area contributed by atoms with Gasteiger partial charge in [0.15, 0.2) is 10.2 Å². The first-order valence-corrected chi connectivity index (χ1v) is 6.26. The highest BCUT2D eigenvalue weighted by atomic mass is 32.2. The predicted octanol–water partition coefficient (Wildman–Crippen LogP) is 1.97. The Morgan fingerprint density at radius 1 is 1.59 bits per heavy atom. The van der Waals surface area contributed by atoms with Gasteiger partial charge in [-0.15, -0.1) is 0 Å². The average Bonchev–Trinajstić information content (AvgIpc) is 2.24. The Balaban J connectivity index is 2.65. The third kappa shape index (κ3) is 5.95. The molecule has 0 aromatic heterocycles. The molecule has 1 aromatic rings. The van der Waals surface area contributed by atoms with Crippen molar-refractivity contribution in [1.29, 1.82) is 0 Å². The number of thioether (sulfide) groups is 1. The van der Waals surface area contributed by atoms with E-state index in [1.54, 1.807) is 0 Å². The Bertz CT molecular complexity index is 489. The van der Waals surface area contributed by atoms with Gasteiger partial charge in [-0.2, -0.15) is 0 Å². The molecule has 0 amide bonds. The van der Waals surface area contributed by atoms with E-state index in [0.29, 0.717) is 5.75 Å². The van der Waals surface area contributed by atoms with Crippen LogP contribution in [-0.2, 0) is 4.79 Å². The highest BCUT2D eigenvalue weighted by Gasteiger charge is 1.94. The largest absolute Gasteiger partial charge is 0.376 e. The van der Waals surface area contributed by atoms with Crippen LogP contribution < -0.4 is 11.1 Å². The van der Waals surface area contributed by atoms with E-state index in [1.807, 2.05) is 24.3 Å². The molecule has 0 unspecified atom stereocenters. The molecule has 3 N–H and O–H groups in total. The molecule has 0 spiro atoms. The van der Waals surface area contributed by atoms with Crippen LogP contribution >= 0.6 is 24.0 Å². The van der Waals surface area contributed by atoms with E-state index in [4.69, 9.17) is 18.0 Å². The zero-order valence-corrected chi connectivity index (χ0v) is 11.0. The summed E-state index contributed by atoms with van der Waals surface area (Å²) in [5, 5.41) is 3.13. The van der Waals surface area contributed by atoms with E-state index >= 15 is 0 Å². The van der Waals surface area contributed by atoms with Crippen LogP contribution in [0, 0.1) is 11.8 Å². The molecule has 1 aromatic carbocycles. The minimum absolute atomic E-state index is 0.0724. The summed E-state index contributed by atoms with van der Waals surface area (Å²) in [6.45, 7) is 1.53. The number of rotatable bonds is 2. The van der Waals surface area contributed by atoms with Crippen molar-refractivity contribution in [2.45, 2.75) is 6.92 Å². The minimum atomic E-state index is 0.0724. The van der Waals surface area contributed by atoms with Gasteiger partial charge in [0.05, 0.1) is 5.75 Å². The Labute approximate surface area is 110 Å². The van der Waals surface area contributed by atoms with Crippen LogP contribution in [0.2, 0.25) is 0 Å². The lowest BCUT2D eigenvalue weighted by atomic mass is 10.2. The number of thiocarbonyl (C=S) groups is 1. The number of benzene rings is 1. The van der Waals surface area contributed by atoms with Gasteiger partial charge in [-0.3, -0.25) is 4.79 Å². The fourth-order valence-corrected chi connectivity index (χ4v) is 1.56. The summed E-state index contributed by atoms with van der Waals surface area (Å²) < 4.78 is 0. The summed E-state index contributed by atoms with van der Waals surface area (Å²) in [7, 11) is 0. The van der Waals surface area contributed by atoms with Gasteiger partial charge < -0.3 is 11.1 Å². The number of carbonyl (C=O) groups excluding carboxylic acids is 1. The van der Waals surface area contributed by atoms with E-state index in [2.05, 4.69) is 17.2 Å². The topological polar surface area (TPSA) is 55.1 Å². The molecule has 5 heteroatoms. The molecule has 17 heavy (non-hydrogen) atoms. The Hall–Kier alpha value is -1.51. The second kappa shape index (κ2) is 6.94. The fourth-order valence-electron chi connectivity index (χ4n) is 1.09. The molecule has 0 heterocycles. The molecule has 0 aliphatic rings. The first-order valence-electron chi connectivity index (χ1n) is 4.86. The minimum Gasteiger partial charge on any atom is -0.376 e. The first-order chi connectivity index (χ1) is 8.08. The van der Waals surface area contributed by atoms with Crippen molar-refractivity contribution in [1.82, 2.24) is 0 Å². The Kier molecular flexibility index (Phi) is 5.53. The van der Waals surface area contributed by atoms with Gasteiger partial charge in [-0.05, 0) is 30.4 Å². The van der Waals surface area contributed by atoms with Crippen LogP contribution in [0.15, 0.2) is 24.3 Å². The first kappa shape index (κ1) is 13.6. The van der Waals surface area contributed by atoms with E-state index in [9.17, 15) is 4.79 Å². The third-order valence-electron chi connectivity index (χ3n) is 1.71. The predicted molar refractivity (Wildman–Crippen MR) is 76.9 cm³/mol. The summed E-state index contributed by atoms with van der Waals surface area (Å²) in [5.74, 6) is 6.38. The van der Waals surface area contributed by atoms with Crippen molar-refractivity contribution in [2.75, 3.05) is 11.1 Å². The van der Waals surface area contributed by atoms with Gasteiger partial charge >= 0.3 is 0 Å². The second-order valence-electron chi connectivity index (χ2n) is 3.15. The lowest BCUT2D eigenvalue weighted by Gasteiger charge is -2.02. The van der Waals surface area contributed by atoms with Crippen molar-refractivity contribution >= 4 is 39.9 Å². The summed E-state index contributed by atoms with van der Waals surface area (Å²) >= 11 is 5.94. The van der Waals surface area contributed by atoms with Crippen LogP contribution in [-0.4, -0.2) is 16.0 Å². The van der Waals surface area contributed by atoms with Gasteiger partial charge in [0, 0.05) is 18.2 Å². The molecule has 1 rings (SSSR count). The molecule has 3 nitrogen and oxygen atoms in total. The van der Waals surface area contributed by atoms with E-state index in [1.165, 1.54) is 18.7 Å². The maximum absolute atomic E-state index is 10.7. The molecule has 0 fully saturated rings. The number of carbonyl (C=O) groups is 1. The maximum Gasteiger partial charge on any atom is 0.186 e. The van der Waals surface area contributed by atoms with Crippen LogP contribution in [0.1, 0.15) is 12.5 Å². The SMILES string of the molecule is CC(=O)SCC#Cc1cccc(NC(N)=S)c1. The van der Waals surface area contributed by atoms with Crippen molar-refractivity contribution in [3.63, 3.8) is 0 Å². The Morgan fingerprint density at radius 3 is 3.00 bits per heavy atom. The summed E-state index contributed by atoms with van der Waals surface area (Å²) in [6.07, 6.45) is 0. The van der Waals surface area contributed by atoms with Gasteiger partial charge in [0.25, 0.3) is 0 Å². The van der Waals surface area contributed by atoms with Crippen molar-refractivity contribution < 1.29 is 4.79 Å². The summed E-state index contributed by atoms with van der Waals surface area (Å²) in [5.41, 5.74) is 7.04. The molecule has 0 saturated heterocycles. The maximum atomic E-state index is 10.7. The lowest BCUT2D eigenvalue weighted by Crippen LogP contribution is -2.18. The van der Waals surface area contributed by atoms with Crippen LogP contribution in [0.5, 0.6) is 0 Å². The van der Waals surface area contributed by atoms with Crippen molar-refractivity contribution in [3.05, 3.63) is 29.8 Å². The quantitative estimate of drug-likeness (QED) is 0.632. The van der Waals surface area contributed by atoms with Crippen molar-refractivity contribution in [2.24, 2.45) is 5.73 Å². The molecular formula is C12H12N2OS2. The molecule has 88 valence electrons. The number of hydrogen-bond acceptors (Lipinski definition) is 3. The van der Waals surface area contributed by atoms with Crippen LogP contribution in [0.4, 0.5) is 5.69 Å². The molecular weight excluding hydrogens is 252 g/mol. The lowest BCUT2D eigenvalue weighted by molar-refractivity contribution is -0.109. The van der Waals surface area contributed by atoms with Crippen LogP contribution in [0.3, 0.4) is 0 Å². The normalized spacial score (nSPS) is 9.00. The fraction of sp³-hybridized carbons (Fsp3) is 0.167. The number of hydrogen-bond donors (Lipinski definition) is 2. The zero-order valence-electron chi connectivity index (χ0n) is 9.32. The summed E-state index contributed by atoms with van der Waals surface area (Å²) in [4.78, 5) is 10.7. The number of anilines is 1. The molecule has 0 atom stereocenters. The van der Waals surface area contributed by atoms with E-state index < -0.39 is 0 Å². The smallest absolute Gasteiger partial charge is 0.186 e. The molecule has 0 aliphatic carbocycles. The average molecular weight is 264 g/mol. The summed E-state index contributed by atoms with van der Waals surface area (Å²) in [6, 6.07) is 7.46. The van der Waals surface area contributed by atoms with Gasteiger partial charge in [-0.25, -0.2) is 0 Å². The molecule has 0 radical (unpaired) electrons. The van der Waals surface area contributed by atoms with Gasteiger partial charge in [0.2, 0.25) is 0 Å². The monoisotopic (exact) mass is 264 g/mol. The molecule has 0 saturated carbocycles. The van der Waals surface area contributed by atoms with E-state index in [0.717, 1.165) is 11.3 Å². The highest BCUT2D eigenvalue weighted by molar-refractivity contribution is 8.13. The zero-order chi connectivity index (χ0) is 12.7. The van der Waals surface area contributed by atoms with Crippen LogP contribution in [0.25, 0.3) is 0 Å². The second-order valence-corrected chi connectivity index (χ2v) is 4.74. The highest BCUT2D eigenvalue weighted by Crippen LogP contribution is 2.09. The third-order valence-corrected chi connectivity index (χ3v) is 2.51. The van der Waals surface area contributed by atoms with E-state index in [-0.39, 0.29) is 10.2 Å². The number of nitrogens with two attached hydrogens (primary N) is 1. The molecule has 0 bridgehead atoms. The van der Waals surface area contributed by atoms with Crippen molar-refractivity contribution in [3.8, 4) is 11.8 Å². The molecule has 0 aliphatic heterocycles. The van der Waals surface area contributed by atoms with Gasteiger partial charge in [-0.1, -0.05) is 29.7 Å². The Morgan fingerprint density at radius 2 is 2.35 bits per heavy atom.